The average molecular weight is 171 g/mol. The molecule has 1 rings (SSSR count). The standard InChI is InChI=1S/C9H17NO2/c1-3-5-9(12-2)10-7-4-6-8(10)11/h9H,3-7H2,1-2H3. The zero-order valence-corrected chi connectivity index (χ0v) is 7.88. The molecule has 0 N–H and O–H groups in total. The summed E-state index contributed by atoms with van der Waals surface area (Å²) in [6, 6.07) is 0. The van der Waals surface area contributed by atoms with Crippen LogP contribution in [-0.2, 0) is 9.53 Å². The van der Waals surface area contributed by atoms with Crippen molar-refractivity contribution in [1.29, 1.82) is 0 Å². The molecule has 1 amide bonds. The molecule has 1 fully saturated rings. The fourth-order valence-electron chi connectivity index (χ4n) is 1.62. The third kappa shape index (κ3) is 1.97. The number of nitrogens with zero attached hydrogens (tertiary/aromatic N) is 1. The summed E-state index contributed by atoms with van der Waals surface area (Å²) in [6.07, 6.45) is 3.71. The van der Waals surface area contributed by atoms with E-state index in [9.17, 15) is 4.79 Å². The Bertz CT molecular complexity index is 159. The van der Waals surface area contributed by atoms with Crippen molar-refractivity contribution in [1.82, 2.24) is 4.90 Å². The van der Waals surface area contributed by atoms with Gasteiger partial charge < -0.3 is 9.64 Å². The topological polar surface area (TPSA) is 29.5 Å². The van der Waals surface area contributed by atoms with Crippen LogP contribution >= 0.6 is 0 Å². The van der Waals surface area contributed by atoms with E-state index >= 15 is 0 Å². The summed E-state index contributed by atoms with van der Waals surface area (Å²) in [5.41, 5.74) is 0. The number of rotatable bonds is 4. The highest BCUT2D eigenvalue weighted by Gasteiger charge is 2.26. The summed E-state index contributed by atoms with van der Waals surface area (Å²) in [7, 11) is 1.67. The molecule has 0 radical (unpaired) electrons. The lowest BCUT2D eigenvalue weighted by Crippen LogP contribution is -2.37. The van der Waals surface area contributed by atoms with Gasteiger partial charge in [-0.25, -0.2) is 0 Å². The summed E-state index contributed by atoms with van der Waals surface area (Å²) in [5.74, 6) is 0.246. The minimum absolute atomic E-state index is 0.0185. The Hall–Kier alpha value is -0.570. The van der Waals surface area contributed by atoms with Gasteiger partial charge in [0.25, 0.3) is 0 Å². The Kier molecular flexibility index (Phi) is 3.53. The molecule has 1 saturated heterocycles. The number of hydrogen-bond acceptors (Lipinski definition) is 2. The lowest BCUT2D eigenvalue weighted by molar-refractivity contribution is -0.139. The van der Waals surface area contributed by atoms with E-state index in [-0.39, 0.29) is 12.1 Å². The summed E-state index contributed by atoms with van der Waals surface area (Å²) < 4.78 is 5.25. The number of hydrogen-bond donors (Lipinski definition) is 0. The van der Waals surface area contributed by atoms with Gasteiger partial charge in [-0.2, -0.15) is 0 Å². The first-order chi connectivity index (χ1) is 5.79. The second-order valence-corrected chi connectivity index (χ2v) is 3.17. The predicted octanol–water partition coefficient (Wildman–Crippen LogP) is 1.38. The smallest absolute Gasteiger partial charge is 0.224 e. The maximum Gasteiger partial charge on any atom is 0.224 e. The highest BCUT2D eigenvalue weighted by molar-refractivity contribution is 5.78. The number of likely N-dealkylation sites (tertiary alicyclic amines) is 1. The lowest BCUT2D eigenvalue weighted by Gasteiger charge is -2.25. The molecule has 0 aromatic rings. The lowest BCUT2D eigenvalue weighted by atomic mass is 10.3. The predicted molar refractivity (Wildman–Crippen MR) is 46.7 cm³/mol. The molecule has 1 unspecified atom stereocenters. The van der Waals surface area contributed by atoms with Crippen LogP contribution < -0.4 is 0 Å². The second-order valence-electron chi connectivity index (χ2n) is 3.17. The van der Waals surface area contributed by atoms with Crippen molar-refractivity contribution < 1.29 is 9.53 Å². The van der Waals surface area contributed by atoms with Crippen molar-refractivity contribution in [3.63, 3.8) is 0 Å². The van der Waals surface area contributed by atoms with Crippen LogP contribution in [0.5, 0.6) is 0 Å². The minimum Gasteiger partial charge on any atom is -0.362 e. The molecule has 3 nitrogen and oxygen atoms in total. The molecule has 3 heteroatoms. The summed E-state index contributed by atoms with van der Waals surface area (Å²) >= 11 is 0. The molecule has 1 aliphatic heterocycles. The Labute approximate surface area is 73.7 Å². The van der Waals surface area contributed by atoms with Gasteiger partial charge in [0.15, 0.2) is 0 Å². The highest BCUT2D eigenvalue weighted by atomic mass is 16.5. The van der Waals surface area contributed by atoms with Gasteiger partial charge in [0.1, 0.15) is 6.23 Å². The molecule has 0 aromatic heterocycles. The minimum atomic E-state index is 0.0185. The third-order valence-corrected chi connectivity index (χ3v) is 2.27. The van der Waals surface area contributed by atoms with E-state index in [4.69, 9.17) is 4.74 Å². The third-order valence-electron chi connectivity index (χ3n) is 2.27. The summed E-state index contributed by atoms with van der Waals surface area (Å²) in [6.45, 7) is 2.98. The van der Waals surface area contributed by atoms with Gasteiger partial charge in [0.05, 0.1) is 0 Å². The van der Waals surface area contributed by atoms with Crippen molar-refractivity contribution in [2.45, 2.75) is 38.8 Å². The van der Waals surface area contributed by atoms with E-state index in [0.717, 1.165) is 25.8 Å². The Morgan fingerprint density at radius 1 is 1.67 bits per heavy atom. The first-order valence-corrected chi connectivity index (χ1v) is 4.62. The number of ether oxygens (including phenoxy) is 1. The van der Waals surface area contributed by atoms with Crippen molar-refractivity contribution in [2.24, 2.45) is 0 Å². The first kappa shape index (κ1) is 9.52. The largest absolute Gasteiger partial charge is 0.362 e. The number of amides is 1. The zero-order chi connectivity index (χ0) is 8.97. The average Bonchev–Trinajstić information content (AvgIpc) is 2.47. The Balaban J connectivity index is 2.46. The first-order valence-electron chi connectivity index (χ1n) is 4.62. The van der Waals surface area contributed by atoms with Gasteiger partial charge in [0.2, 0.25) is 5.91 Å². The fraction of sp³-hybridized carbons (Fsp3) is 0.889. The van der Waals surface area contributed by atoms with E-state index in [1.807, 2.05) is 4.90 Å². The molecule has 12 heavy (non-hydrogen) atoms. The van der Waals surface area contributed by atoms with Crippen LogP contribution in [-0.4, -0.2) is 30.7 Å². The molecule has 1 aliphatic rings. The molecule has 1 heterocycles. The molecule has 0 aromatic carbocycles. The van der Waals surface area contributed by atoms with Crippen molar-refractivity contribution in [3.05, 3.63) is 0 Å². The molecular weight excluding hydrogens is 154 g/mol. The Morgan fingerprint density at radius 3 is 2.83 bits per heavy atom. The zero-order valence-electron chi connectivity index (χ0n) is 7.88. The SMILES string of the molecule is CCCC(OC)N1CCCC1=O. The maximum atomic E-state index is 11.3. The van der Waals surface area contributed by atoms with Crippen LogP contribution in [0.1, 0.15) is 32.6 Å². The monoisotopic (exact) mass is 171 g/mol. The number of methoxy groups -OCH3 is 1. The second kappa shape index (κ2) is 4.45. The van der Waals surface area contributed by atoms with E-state index in [0.29, 0.717) is 6.42 Å². The van der Waals surface area contributed by atoms with Gasteiger partial charge >= 0.3 is 0 Å². The van der Waals surface area contributed by atoms with Crippen LogP contribution in [0.25, 0.3) is 0 Å². The maximum absolute atomic E-state index is 11.3. The normalized spacial score (nSPS) is 20.2. The quantitative estimate of drug-likeness (QED) is 0.639. The van der Waals surface area contributed by atoms with E-state index < -0.39 is 0 Å². The summed E-state index contributed by atoms with van der Waals surface area (Å²) in [5, 5.41) is 0. The molecule has 0 bridgehead atoms. The number of carbonyl (C=O) groups excluding carboxylic acids is 1. The Morgan fingerprint density at radius 2 is 2.42 bits per heavy atom. The van der Waals surface area contributed by atoms with Gasteiger partial charge in [-0.05, 0) is 12.8 Å². The molecule has 70 valence electrons. The molecular formula is C9H17NO2. The van der Waals surface area contributed by atoms with Crippen molar-refractivity contribution >= 4 is 5.91 Å². The van der Waals surface area contributed by atoms with Crippen molar-refractivity contribution in [2.75, 3.05) is 13.7 Å². The van der Waals surface area contributed by atoms with Gasteiger partial charge in [-0.15, -0.1) is 0 Å². The van der Waals surface area contributed by atoms with Gasteiger partial charge in [-0.1, -0.05) is 13.3 Å². The van der Waals surface area contributed by atoms with E-state index in [1.54, 1.807) is 7.11 Å². The van der Waals surface area contributed by atoms with Gasteiger partial charge in [0, 0.05) is 20.1 Å². The molecule has 0 aliphatic carbocycles. The van der Waals surface area contributed by atoms with E-state index in [1.165, 1.54) is 0 Å². The highest BCUT2D eigenvalue weighted by Crippen LogP contribution is 2.16. The fourth-order valence-corrected chi connectivity index (χ4v) is 1.62. The van der Waals surface area contributed by atoms with Crippen LogP contribution in [0, 0.1) is 0 Å². The van der Waals surface area contributed by atoms with Crippen LogP contribution in [0.3, 0.4) is 0 Å². The van der Waals surface area contributed by atoms with Crippen LogP contribution in [0.4, 0.5) is 0 Å². The van der Waals surface area contributed by atoms with E-state index in [2.05, 4.69) is 6.92 Å². The van der Waals surface area contributed by atoms with Crippen LogP contribution in [0.15, 0.2) is 0 Å². The van der Waals surface area contributed by atoms with Crippen molar-refractivity contribution in [3.8, 4) is 0 Å². The molecule has 0 saturated carbocycles. The van der Waals surface area contributed by atoms with Crippen LogP contribution in [0.2, 0.25) is 0 Å². The number of carbonyl (C=O) groups is 1. The summed E-state index contributed by atoms with van der Waals surface area (Å²) in [4.78, 5) is 13.1. The molecule has 1 atom stereocenters. The van der Waals surface area contributed by atoms with Gasteiger partial charge in [-0.3, -0.25) is 4.79 Å². The molecule has 0 spiro atoms.